The van der Waals surface area contributed by atoms with Gasteiger partial charge in [0.2, 0.25) is 0 Å². The Morgan fingerprint density at radius 3 is 2.86 bits per heavy atom. The molecule has 2 aliphatic rings. The van der Waals surface area contributed by atoms with E-state index < -0.39 is 6.23 Å². The van der Waals surface area contributed by atoms with Crippen LogP contribution >= 0.6 is 12.4 Å². The van der Waals surface area contributed by atoms with Crippen LogP contribution in [0, 0.1) is 0 Å². The van der Waals surface area contributed by atoms with Crippen LogP contribution in [0.5, 0.6) is 0 Å². The Kier molecular flexibility index (Phi) is 3.48. The molecular weight excluding hydrogens is 294 g/mol. The summed E-state index contributed by atoms with van der Waals surface area (Å²) in [6.45, 7) is 0. The number of hydrazine groups is 1. The van der Waals surface area contributed by atoms with Crippen molar-refractivity contribution in [3.05, 3.63) is 36.7 Å². The van der Waals surface area contributed by atoms with Gasteiger partial charge < -0.3 is 5.11 Å². The van der Waals surface area contributed by atoms with Gasteiger partial charge in [0, 0.05) is 23.9 Å². The molecule has 1 aliphatic carbocycles. The third-order valence-electron chi connectivity index (χ3n) is 3.46. The van der Waals surface area contributed by atoms with Gasteiger partial charge in [-0.25, -0.2) is 19.7 Å². The Bertz CT molecular complexity index is 655. The van der Waals surface area contributed by atoms with Crippen molar-refractivity contribution in [2.75, 3.05) is 5.01 Å². The Morgan fingerprint density at radius 1 is 1.29 bits per heavy atom. The molecule has 1 aliphatic heterocycles. The zero-order chi connectivity index (χ0) is 13.5. The van der Waals surface area contributed by atoms with Crippen molar-refractivity contribution in [2.24, 2.45) is 0 Å². The van der Waals surface area contributed by atoms with Crippen LogP contribution in [0.2, 0.25) is 0 Å². The molecule has 0 spiro atoms. The summed E-state index contributed by atoms with van der Waals surface area (Å²) in [7, 11) is 0. The van der Waals surface area contributed by atoms with Crippen molar-refractivity contribution in [3.8, 4) is 0 Å². The molecule has 2 aromatic heterocycles. The average molecular weight is 308 g/mol. The molecular formula is C12H14ClN7O. The third-order valence-corrected chi connectivity index (χ3v) is 3.46. The van der Waals surface area contributed by atoms with E-state index in [1.165, 1.54) is 23.9 Å². The molecule has 9 heteroatoms. The highest BCUT2D eigenvalue weighted by Crippen LogP contribution is 2.39. The second kappa shape index (κ2) is 5.30. The highest BCUT2D eigenvalue weighted by Gasteiger charge is 2.30. The zero-order valence-electron chi connectivity index (χ0n) is 11.0. The van der Waals surface area contributed by atoms with Gasteiger partial charge in [-0.15, -0.1) is 17.5 Å². The Labute approximate surface area is 126 Å². The van der Waals surface area contributed by atoms with Gasteiger partial charge in [-0.2, -0.15) is 0 Å². The van der Waals surface area contributed by atoms with Crippen LogP contribution in [0.1, 0.15) is 24.5 Å². The normalized spacial score (nSPS) is 20.7. The molecule has 21 heavy (non-hydrogen) atoms. The molecule has 1 atom stereocenters. The standard InChI is InChI=1S/C12H13N7O.ClH/c20-12-10(18-4-3-15-17-18)6-16-19(12)11-5-9(8-1-2-8)13-7-14-11;/h3-8,12,16,20H,1-2H2;1H. The minimum absolute atomic E-state index is 0. The van der Waals surface area contributed by atoms with Gasteiger partial charge in [-0.05, 0) is 12.8 Å². The van der Waals surface area contributed by atoms with Crippen LogP contribution in [0.3, 0.4) is 0 Å². The van der Waals surface area contributed by atoms with Crippen molar-refractivity contribution in [1.82, 2.24) is 30.4 Å². The van der Waals surface area contributed by atoms with E-state index in [4.69, 9.17) is 0 Å². The van der Waals surface area contributed by atoms with Crippen LogP contribution in [0.25, 0.3) is 5.70 Å². The number of hydrogen-bond donors (Lipinski definition) is 2. The molecule has 0 saturated heterocycles. The molecule has 8 nitrogen and oxygen atoms in total. The topological polar surface area (TPSA) is 92.0 Å². The number of aliphatic hydroxyl groups is 1. The summed E-state index contributed by atoms with van der Waals surface area (Å²) >= 11 is 0. The number of aliphatic hydroxyl groups excluding tert-OH is 1. The van der Waals surface area contributed by atoms with Crippen LogP contribution in [-0.4, -0.2) is 36.3 Å². The highest BCUT2D eigenvalue weighted by atomic mass is 35.5. The molecule has 1 fully saturated rings. The Balaban J connectivity index is 0.00000132. The van der Waals surface area contributed by atoms with Crippen molar-refractivity contribution in [2.45, 2.75) is 25.0 Å². The lowest BCUT2D eigenvalue weighted by Crippen LogP contribution is -2.39. The van der Waals surface area contributed by atoms with Crippen molar-refractivity contribution in [1.29, 1.82) is 0 Å². The maximum absolute atomic E-state index is 10.4. The minimum Gasteiger partial charge on any atom is -0.367 e. The van der Waals surface area contributed by atoms with Gasteiger partial charge in [0.1, 0.15) is 12.0 Å². The fraction of sp³-hybridized carbons (Fsp3) is 0.333. The molecule has 0 amide bonds. The second-order valence-electron chi connectivity index (χ2n) is 4.86. The summed E-state index contributed by atoms with van der Waals surface area (Å²) in [5, 5.41) is 19.5. The summed E-state index contributed by atoms with van der Waals surface area (Å²) in [5.74, 6) is 1.18. The molecule has 2 aromatic rings. The van der Waals surface area contributed by atoms with Gasteiger partial charge in [-0.3, -0.25) is 5.43 Å². The zero-order valence-corrected chi connectivity index (χ0v) is 11.8. The van der Waals surface area contributed by atoms with E-state index in [0.717, 1.165) is 5.69 Å². The predicted molar refractivity (Wildman–Crippen MR) is 77.2 cm³/mol. The summed E-state index contributed by atoms with van der Waals surface area (Å²) in [6, 6.07) is 1.91. The second-order valence-corrected chi connectivity index (χ2v) is 4.86. The van der Waals surface area contributed by atoms with Gasteiger partial charge in [0.25, 0.3) is 0 Å². The average Bonchev–Trinajstić information content (AvgIpc) is 3.05. The van der Waals surface area contributed by atoms with Crippen LogP contribution in [0.15, 0.2) is 31.0 Å². The quantitative estimate of drug-likeness (QED) is 0.853. The van der Waals surface area contributed by atoms with E-state index in [1.54, 1.807) is 23.6 Å². The number of anilines is 1. The first-order valence-corrected chi connectivity index (χ1v) is 6.45. The Morgan fingerprint density at radius 2 is 2.14 bits per heavy atom. The summed E-state index contributed by atoms with van der Waals surface area (Å²) < 4.78 is 1.51. The van der Waals surface area contributed by atoms with E-state index in [2.05, 4.69) is 25.7 Å². The summed E-state index contributed by atoms with van der Waals surface area (Å²) in [6.07, 6.45) is 7.92. The van der Waals surface area contributed by atoms with Crippen LogP contribution in [0.4, 0.5) is 5.82 Å². The largest absolute Gasteiger partial charge is 0.367 e. The molecule has 1 saturated carbocycles. The number of aromatic nitrogens is 5. The highest BCUT2D eigenvalue weighted by molar-refractivity contribution is 5.85. The fourth-order valence-corrected chi connectivity index (χ4v) is 2.23. The molecule has 3 heterocycles. The van der Waals surface area contributed by atoms with Crippen LogP contribution in [-0.2, 0) is 0 Å². The van der Waals surface area contributed by atoms with Crippen LogP contribution < -0.4 is 10.4 Å². The number of halogens is 1. The van der Waals surface area contributed by atoms with Crippen molar-refractivity contribution in [3.63, 3.8) is 0 Å². The molecule has 1 unspecified atom stereocenters. The molecule has 0 bridgehead atoms. The molecule has 0 aromatic carbocycles. The lowest BCUT2D eigenvalue weighted by molar-refractivity contribution is 0.219. The summed E-state index contributed by atoms with van der Waals surface area (Å²) in [4.78, 5) is 8.49. The molecule has 4 rings (SSSR count). The number of nitrogens with zero attached hydrogens (tertiary/aromatic N) is 6. The first kappa shape index (κ1) is 13.8. The van der Waals surface area contributed by atoms with Gasteiger partial charge in [0.05, 0.1) is 12.4 Å². The van der Waals surface area contributed by atoms with Gasteiger partial charge in [0.15, 0.2) is 12.0 Å². The van der Waals surface area contributed by atoms with Crippen molar-refractivity contribution >= 4 is 23.9 Å². The first-order valence-electron chi connectivity index (χ1n) is 6.45. The maximum Gasteiger partial charge on any atom is 0.192 e. The summed E-state index contributed by atoms with van der Waals surface area (Å²) in [5.41, 5.74) is 4.61. The monoisotopic (exact) mass is 307 g/mol. The predicted octanol–water partition coefficient (Wildman–Crippen LogP) is 0.509. The lowest BCUT2D eigenvalue weighted by atomic mass is 10.3. The van der Waals surface area contributed by atoms with Gasteiger partial charge >= 0.3 is 0 Å². The Hall–Kier alpha value is -2.19. The molecule has 0 radical (unpaired) electrons. The first-order chi connectivity index (χ1) is 9.83. The van der Waals surface area contributed by atoms with E-state index in [0.29, 0.717) is 17.4 Å². The number of nitrogens with one attached hydrogen (secondary N) is 1. The SMILES string of the molecule is Cl.OC1C(n2ccnn2)=CNN1c1cc(C2CC2)ncn1. The van der Waals surface area contributed by atoms with Gasteiger partial charge in [-0.1, -0.05) is 5.21 Å². The number of rotatable bonds is 3. The molecule has 110 valence electrons. The third kappa shape index (κ3) is 2.43. The van der Waals surface area contributed by atoms with E-state index in [-0.39, 0.29) is 12.4 Å². The smallest absolute Gasteiger partial charge is 0.192 e. The fourth-order valence-electron chi connectivity index (χ4n) is 2.23. The van der Waals surface area contributed by atoms with E-state index in [9.17, 15) is 5.11 Å². The lowest BCUT2D eigenvalue weighted by Gasteiger charge is -2.22. The molecule has 2 N–H and O–H groups in total. The minimum atomic E-state index is -0.876. The van der Waals surface area contributed by atoms with E-state index in [1.807, 2.05) is 6.07 Å². The van der Waals surface area contributed by atoms with Crippen molar-refractivity contribution < 1.29 is 5.11 Å². The van der Waals surface area contributed by atoms with E-state index >= 15 is 0 Å². The number of hydrogen-bond acceptors (Lipinski definition) is 7. The maximum atomic E-state index is 10.4.